The quantitative estimate of drug-likeness (QED) is 0.514. The average molecular weight is 498 g/mol. The standard InChI is InChI=1S/C25H22F4N6O/c1-33-23(36)20-21(30-15-6-3-2-4-7-15)34(13-14-10-11-16(17(26)12-14)25(27,28)29)32-22(20)35-19-9-5-8-18(19)31-24(33)35/h2-4,6-7,10-12,18-19,30H,5,8-9,13H2,1H3/t18-,19+/m1/s1. The lowest BCUT2D eigenvalue weighted by molar-refractivity contribution is -0.140. The minimum atomic E-state index is -4.78. The van der Waals surface area contributed by atoms with Crippen molar-refractivity contribution in [3.8, 4) is 0 Å². The molecule has 2 aliphatic heterocycles. The maximum Gasteiger partial charge on any atom is 0.419 e. The number of aromatic nitrogens is 2. The molecule has 186 valence electrons. The van der Waals surface area contributed by atoms with E-state index >= 15 is 0 Å². The Bertz CT molecular complexity index is 1380. The Morgan fingerprint density at radius 2 is 1.89 bits per heavy atom. The number of carbonyl (C=O) groups is 1. The van der Waals surface area contributed by atoms with E-state index in [0.29, 0.717) is 28.8 Å². The van der Waals surface area contributed by atoms with Crippen LogP contribution < -0.4 is 10.2 Å². The van der Waals surface area contributed by atoms with Gasteiger partial charge in [-0.1, -0.05) is 24.3 Å². The van der Waals surface area contributed by atoms with Gasteiger partial charge in [0.2, 0.25) is 5.96 Å². The maximum atomic E-state index is 14.3. The number of amides is 1. The molecular weight excluding hydrogens is 476 g/mol. The van der Waals surface area contributed by atoms with Crippen molar-refractivity contribution in [3.05, 3.63) is 71.0 Å². The van der Waals surface area contributed by atoms with Crippen LogP contribution in [-0.2, 0) is 12.7 Å². The van der Waals surface area contributed by atoms with Crippen LogP contribution in [0.1, 0.15) is 40.7 Å². The summed E-state index contributed by atoms with van der Waals surface area (Å²) in [5.41, 5.74) is 0.0114. The Hall–Kier alpha value is -3.89. The molecule has 1 N–H and O–H groups in total. The first-order valence-corrected chi connectivity index (χ1v) is 11.7. The molecule has 6 rings (SSSR count). The number of para-hydroxylation sites is 1. The van der Waals surface area contributed by atoms with E-state index < -0.39 is 17.6 Å². The Balaban J connectivity index is 1.46. The third-order valence-electron chi connectivity index (χ3n) is 6.96. The predicted molar refractivity (Wildman–Crippen MR) is 126 cm³/mol. The van der Waals surface area contributed by atoms with Crippen LogP contribution in [0.4, 0.5) is 34.9 Å². The van der Waals surface area contributed by atoms with Crippen LogP contribution in [-0.4, -0.2) is 45.7 Å². The van der Waals surface area contributed by atoms with E-state index in [9.17, 15) is 22.4 Å². The van der Waals surface area contributed by atoms with E-state index in [4.69, 9.17) is 10.1 Å². The van der Waals surface area contributed by atoms with E-state index in [1.165, 1.54) is 15.6 Å². The first-order valence-electron chi connectivity index (χ1n) is 11.7. The zero-order valence-corrected chi connectivity index (χ0v) is 19.3. The number of carbonyl (C=O) groups excluding carboxylic acids is 1. The number of fused-ring (bicyclic) bond motifs is 5. The second-order valence-corrected chi connectivity index (χ2v) is 9.24. The van der Waals surface area contributed by atoms with Crippen molar-refractivity contribution >= 4 is 29.2 Å². The van der Waals surface area contributed by atoms with E-state index in [0.717, 1.165) is 31.4 Å². The van der Waals surface area contributed by atoms with Gasteiger partial charge in [0.05, 0.1) is 24.2 Å². The Morgan fingerprint density at radius 1 is 1.11 bits per heavy atom. The first-order chi connectivity index (χ1) is 17.2. The maximum absolute atomic E-state index is 14.3. The van der Waals surface area contributed by atoms with Crippen molar-refractivity contribution in [2.24, 2.45) is 4.99 Å². The smallest absolute Gasteiger partial charge is 0.340 e. The highest BCUT2D eigenvalue weighted by atomic mass is 19.4. The van der Waals surface area contributed by atoms with Crippen LogP contribution in [0, 0.1) is 5.82 Å². The molecule has 1 fully saturated rings. The van der Waals surface area contributed by atoms with Gasteiger partial charge in [-0.05, 0) is 49.1 Å². The van der Waals surface area contributed by atoms with Gasteiger partial charge in [0.1, 0.15) is 17.2 Å². The summed E-state index contributed by atoms with van der Waals surface area (Å²) in [6.45, 7) is -0.0391. The van der Waals surface area contributed by atoms with Gasteiger partial charge in [0.15, 0.2) is 5.82 Å². The molecule has 36 heavy (non-hydrogen) atoms. The van der Waals surface area contributed by atoms with Crippen LogP contribution in [0.2, 0.25) is 0 Å². The molecule has 0 bridgehead atoms. The largest absolute Gasteiger partial charge is 0.419 e. The summed E-state index contributed by atoms with van der Waals surface area (Å²) in [5.74, 6) is -0.249. The molecule has 0 radical (unpaired) electrons. The minimum Gasteiger partial charge on any atom is -0.340 e. The molecule has 0 unspecified atom stereocenters. The summed E-state index contributed by atoms with van der Waals surface area (Å²) in [7, 11) is 1.67. The molecule has 3 aliphatic rings. The Kier molecular flexibility index (Phi) is 5.06. The van der Waals surface area contributed by atoms with Crippen LogP contribution in [0.25, 0.3) is 0 Å². The summed E-state index contributed by atoms with van der Waals surface area (Å²) in [4.78, 5) is 21.8. The second-order valence-electron chi connectivity index (χ2n) is 9.24. The molecule has 2 aromatic carbocycles. The number of rotatable bonds is 4. The molecule has 2 atom stereocenters. The predicted octanol–water partition coefficient (Wildman–Crippen LogP) is 5.02. The fraction of sp³-hybridized carbons (Fsp3) is 0.320. The summed E-state index contributed by atoms with van der Waals surface area (Å²) in [6, 6.07) is 12.2. The lowest BCUT2D eigenvalue weighted by atomic mass is 10.1. The van der Waals surface area contributed by atoms with Crippen LogP contribution in [0.3, 0.4) is 0 Å². The monoisotopic (exact) mass is 498 g/mol. The zero-order chi connectivity index (χ0) is 25.2. The van der Waals surface area contributed by atoms with Crippen LogP contribution >= 0.6 is 0 Å². The first kappa shape index (κ1) is 22.6. The minimum absolute atomic E-state index is 0.0391. The van der Waals surface area contributed by atoms with Gasteiger partial charge in [-0.15, -0.1) is 0 Å². The van der Waals surface area contributed by atoms with Gasteiger partial charge < -0.3 is 5.32 Å². The van der Waals surface area contributed by atoms with Crippen molar-refractivity contribution < 1.29 is 22.4 Å². The van der Waals surface area contributed by atoms with E-state index in [-0.39, 0.29) is 30.1 Å². The third-order valence-corrected chi connectivity index (χ3v) is 6.96. The number of benzene rings is 2. The van der Waals surface area contributed by atoms with E-state index in [1.807, 2.05) is 35.2 Å². The Morgan fingerprint density at radius 3 is 2.61 bits per heavy atom. The van der Waals surface area contributed by atoms with E-state index in [1.54, 1.807) is 7.05 Å². The molecule has 7 nitrogen and oxygen atoms in total. The normalized spacial score (nSPS) is 20.8. The van der Waals surface area contributed by atoms with Crippen molar-refractivity contribution in [1.82, 2.24) is 14.7 Å². The molecule has 11 heteroatoms. The summed E-state index contributed by atoms with van der Waals surface area (Å²) in [6.07, 6.45) is -1.91. The molecular formula is C25H22F4N6O. The topological polar surface area (TPSA) is 65.8 Å². The number of anilines is 3. The van der Waals surface area contributed by atoms with Crippen molar-refractivity contribution in [3.63, 3.8) is 0 Å². The number of hydrogen-bond donors (Lipinski definition) is 1. The number of aliphatic imine (C=N–C) groups is 1. The third kappa shape index (κ3) is 3.52. The highest BCUT2D eigenvalue weighted by Gasteiger charge is 2.49. The van der Waals surface area contributed by atoms with Gasteiger partial charge >= 0.3 is 6.18 Å². The SMILES string of the molecule is CN1C(=O)c2c(nn(Cc3ccc(C(F)(F)F)c(F)c3)c2Nc2ccccc2)N2C1=N[C@@H]1CCC[C@@H]12. The van der Waals surface area contributed by atoms with Gasteiger partial charge in [-0.2, -0.15) is 18.3 Å². The Labute approximate surface area is 204 Å². The molecule has 1 amide bonds. The van der Waals surface area contributed by atoms with Crippen LogP contribution in [0.15, 0.2) is 53.5 Å². The number of hydrogen-bond acceptors (Lipinski definition) is 5. The summed E-state index contributed by atoms with van der Waals surface area (Å²) < 4.78 is 55.0. The number of halogens is 4. The zero-order valence-electron chi connectivity index (χ0n) is 19.3. The fourth-order valence-electron chi connectivity index (χ4n) is 5.26. The van der Waals surface area contributed by atoms with E-state index in [2.05, 4.69) is 5.32 Å². The van der Waals surface area contributed by atoms with Gasteiger partial charge in [0, 0.05) is 12.7 Å². The van der Waals surface area contributed by atoms with Crippen molar-refractivity contribution in [1.29, 1.82) is 0 Å². The highest BCUT2D eigenvalue weighted by Crippen LogP contribution is 2.43. The van der Waals surface area contributed by atoms with Crippen molar-refractivity contribution in [2.75, 3.05) is 17.3 Å². The summed E-state index contributed by atoms with van der Waals surface area (Å²) in [5, 5.41) is 7.99. The van der Waals surface area contributed by atoms with Crippen LogP contribution in [0.5, 0.6) is 0 Å². The van der Waals surface area contributed by atoms with Gasteiger partial charge in [0.25, 0.3) is 5.91 Å². The fourth-order valence-corrected chi connectivity index (χ4v) is 5.26. The molecule has 0 saturated heterocycles. The molecule has 0 spiro atoms. The lowest BCUT2D eigenvalue weighted by Gasteiger charge is -2.34. The van der Waals surface area contributed by atoms with Crippen molar-refractivity contribution in [2.45, 2.75) is 44.1 Å². The number of guanidine groups is 1. The molecule has 3 aromatic rings. The van der Waals surface area contributed by atoms with Gasteiger partial charge in [-0.3, -0.25) is 14.6 Å². The van der Waals surface area contributed by atoms with Gasteiger partial charge in [-0.25, -0.2) is 14.1 Å². The second kappa shape index (κ2) is 8.07. The number of nitrogens with one attached hydrogen (secondary N) is 1. The lowest BCUT2D eigenvalue weighted by Crippen LogP contribution is -2.51. The molecule has 1 aromatic heterocycles. The molecule has 1 saturated carbocycles. The number of nitrogens with zero attached hydrogens (tertiary/aromatic N) is 5. The average Bonchev–Trinajstić information content (AvgIpc) is 3.51. The summed E-state index contributed by atoms with van der Waals surface area (Å²) >= 11 is 0. The molecule has 3 heterocycles. The highest BCUT2D eigenvalue weighted by molar-refractivity contribution is 6.21. The number of alkyl halides is 3. The molecule has 1 aliphatic carbocycles.